The molecule has 7 nitrogen and oxygen atoms in total. The highest BCUT2D eigenvalue weighted by molar-refractivity contribution is 6.04. The summed E-state index contributed by atoms with van der Waals surface area (Å²) in [6.07, 6.45) is 0.644. The van der Waals surface area contributed by atoms with Crippen LogP contribution in [0.3, 0.4) is 0 Å². The van der Waals surface area contributed by atoms with E-state index in [1.165, 1.54) is 0 Å². The summed E-state index contributed by atoms with van der Waals surface area (Å²) >= 11 is 0. The maximum atomic E-state index is 12.9. The van der Waals surface area contributed by atoms with Crippen molar-refractivity contribution in [1.82, 2.24) is 15.1 Å². The van der Waals surface area contributed by atoms with Crippen LogP contribution in [-0.2, 0) is 16.0 Å². The second kappa shape index (κ2) is 9.78. The van der Waals surface area contributed by atoms with Crippen molar-refractivity contribution >= 4 is 11.8 Å². The van der Waals surface area contributed by atoms with E-state index in [4.69, 9.17) is 9.47 Å². The molecule has 0 saturated carbocycles. The summed E-state index contributed by atoms with van der Waals surface area (Å²) in [6.45, 7) is 10.0. The number of rotatable bonds is 8. The first-order valence-electron chi connectivity index (χ1n) is 9.84. The summed E-state index contributed by atoms with van der Waals surface area (Å²) in [7, 11) is 3.19. The first-order chi connectivity index (χ1) is 13.3. The average Bonchev–Trinajstić information content (AvgIpc) is 2.72. The molecule has 28 heavy (non-hydrogen) atoms. The highest BCUT2D eigenvalue weighted by Gasteiger charge is 2.39. The molecule has 2 amide bonds. The number of methoxy groups -OCH3 is 2. The molecule has 1 heterocycles. The minimum Gasteiger partial charge on any atom is -0.493 e. The Kier molecular flexibility index (Phi) is 7.69. The average molecular weight is 392 g/mol. The third kappa shape index (κ3) is 5.16. The van der Waals surface area contributed by atoms with Gasteiger partial charge in [0.1, 0.15) is 5.41 Å². The van der Waals surface area contributed by atoms with Gasteiger partial charge in [-0.1, -0.05) is 13.0 Å². The normalized spacial score (nSPS) is 15.2. The number of amides is 2. The number of benzene rings is 1. The van der Waals surface area contributed by atoms with E-state index >= 15 is 0 Å². The minimum atomic E-state index is -1.08. The van der Waals surface area contributed by atoms with Gasteiger partial charge in [0.2, 0.25) is 11.8 Å². The summed E-state index contributed by atoms with van der Waals surface area (Å²) in [4.78, 5) is 29.6. The number of hydrogen-bond donors (Lipinski definition) is 1. The van der Waals surface area contributed by atoms with Crippen molar-refractivity contribution in [2.75, 3.05) is 53.5 Å². The second-order valence-electron chi connectivity index (χ2n) is 7.55. The van der Waals surface area contributed by atoms with E-state index < -0.39 is 5.41 Å². The van der Waals surface area contributed by atoms with Crippen molar-refractivity contribution in [2.45, 2.75) is 27.2 Å². The third-order valence-corrected chi connectivity index (χ3v) is 5.36. The van der Waals surface area contributed by atoms with Crippen LogP contribution in [0, 0.1) is 5.41 Å². The van der Waals surface area contributed by atoms with E-state index in [9.17, 15) is 9.59 Å². The van der Waals surface area contributed by atoms with Crippen molar-refractivity contribution in [3.63, 3.8) is 0 Å². The minimum absolute atomic E-state index is 0.105. The van der Waals surface area contributed by atoms with Crippen LogP contribution in [0.4, 0.5) is 0 Å². The topological polar surface area (TPSA) is 71.1 Å². The highest BCUT2D eigenvalue weighted by Crippen LogP contribution is 2.27. The predicted molar refractivity (Wildman–Crippen MR) is 109 cm³/mol. The molecule has 2 rings (SSSR count). The van der Waals surface area contributed by atoms with Crippen LogP contribution < -0.4 is 14.8 Å². The molecule has 1 fully saturated rings. The van der Waals surface area contributed by atoms with E-state index in [1.54, 1.807) is 33.0 Å². The van der Waals surface area contributed by atoms with E-state index in [0.717, 1.165) is 25.2 Å². The molecule has 1 aromatic rings. The number of nitrogens with one attached hydrogen (secondary N) is 1. The van der Waals surface area contributed by atoms with Crippen molar-refractivity contribution in [2.24, 2.45) is 5.41 Å². The molecule has 0 bridgehead atoms. The fourth-order valence-corrected chi connectivity index (χ4v) is 3.34. The fraction of sp³-hybridized carbons (Fsp3) is 0.619. The Morgan fingerprint density at radius 2 is 1.71 bits per heavy atom. The van der Waals surface area contributed by atoms with Gasteiger partial charge in [0.25, 0.3) is 0 Å². The summed E-state index contributed by atoms with van der Waals surface area (Å²) < 4.78 is 10.5. The summed E-state index contributed by atoms with van der Waals surface area (Å²) in [5.74, 6) is 0.987. The molecule has 1 aliphatic rings. The number of carbonyl (C=O) groups is 2. The highest BCUT2D eigenvalue weighted by atomic mass is 16.5. The molecule has 7 heteroatoms. The summed E-state index contributed by atoms with van der Waals surface area (Å²) in [5, 5.41) is 2.91. The number of ether oxygens (including phenoxy) is 2. The molecule has 0 aliphatic carbocycles. The van der Waals surface area contributed by atoms with Gasteiger partial charge in [0.05, 0.1) is 14.2 Å². The Bertz CT molecular complexity index is 682. The molecular formula is C21H33N3O4. The number of likely N-dealkylation sites (N-methyl/N-ethyl adjacent to an activating group) is 1. The molecule has 1 saturated heterocycles. The van der Waals surface area contributed by atoms with Crippen LogP contribution in [0.1, 0.15) is 26.3 Å². The number of nitrogens with zero attached hydrogens (tertiary/aromatic N) is 2. The van der Waals surface area contributed by atoms with Crippen LogP contribution >= 0.6 is 0 Å². The summed E-state index contributed by atoms with van der Waals surface area (Å²) in [5.41, 5.74) is -0.0517. The van der Waals surface area contributed by atoms with E-state index in [-0.39, 0.29) is 11.8 Å². The first kappa shape index (κ1) is 22.0. The SMILES string of the molecule is CCN1CCN(C(=O)C(C)(C)C(=O)NCCc2ccc(OC)c(OC)c2)CC1. The van der Waals surface area contributed by atoms with Crippen LogP contribution in [0.5, 0.6) is 11.5 Å². The molecule has 1 aliphatic heterocycles. The zero-order valence-electron chi connectivity index (χ0n) is 17.7. The van der Waals surface area contributed by atoms with Gasteiger partial charge >= 0.3 is 0 Å². The monoisotopic (exact) mass is 391 g/mol. The van der Waals surface area contributed by atoms with Gasteiger partial charge in [-0.25, -0.2) is 0 Å². The Balaban J connectivity index is 1.88. The lowest BCUT2D eigenvalue weighted by molar-refractivity contribution is -0.149. The van der Waals surface area contributed by atoms with Gasteiger partial charge in [-0.05, 0) is 44.5 Å². The lowest BCUT2D eigenvalue weighted by atomic mass is 9.90. The lowest BCUT2D eigenvalue weighted by Crippen LogP contribution is -2.55. The summed E-state index contributed by atoms with van der Waals surface area (Å²) in [6, 6.07) is 5.69. The molecule has 0 radical (unpaired) electrons. The Morgan fingerprint density at radius 1 is 1.07 bits per heavy atom. The van der Waals surface area contributed by atoms with Crippen molar-refractivity contribution in [3.05, 3.63) is 23.8 Å². The smallest absolute Gasteiger partial charge is 0.237 e. The van der Waals surface area contributed by atoms with Gasteiger partial charge in [-0.15, -0.1) is 0 Å². The zero-order chi connectivity index (χ0) is 20.7. The standard InChI is InChI=1S/C21H33N3O4/c1-6-23-11-13-24(14-12-23)20(26)21(2,3)19(25)22-10-9-16-7-8-17(27-4)18(15-16)28-5/h7-8,15H,6,9-14H2,1-5H3,(H,22,25). The molecule has 156 valence electrons. The van der Waals surface area contributed by atoms with Gasteiger partial charge in [0, 0.05) is 32.7 Å². The van der Waals surface area contributed by atoms with E-state index in [2.05, 4.69) is 17.1 Å². The molecular weight excluding hydrogens is 358 g/mol. The Hall–Kier alpha value is -2.28. The Labute approximate surface area is 168 Å². The predicted octanol–water partition coefficient (Wildman–Crippen LogP) is 1.55. The maximum Gasteiger partial charge on any atom is 0.237 e. The van der Waals surface area contributed by atoms with Crippen LogP contribution in [0.2, 0.25) is 0 Å². The molecule has 0 spiro atoms. The van der Waals surface area contributed by atoms with Crippen molar-refractivity contribution < 1.29 is 19.1 Å². The lowest BCUT2D eigenvalue weighted by Gasteiger charge is -2.37. The largest absolute Gasteiger partial charge is 0.493 e. The van der Waals surface area contributed by atoms with Crippen molar-refractivity contribution in [3.8, 4) is 11.5 Å². The van der Waals surface area contributed by atoms with Crippen LogP contribution in [0.15, 0.2) is 18.2 Å². The molecule has 0 atom stereocenters. The second-order valence-corrected chi connectivity index (χ2v) is 7.55. The first-order valence-corrected chi connectivity index (χ1v) is 9.84. The van der Waals surface area contributed by atoms with E-state index in [1.807, 2.05) is 18.2 Å². The number of carbonyl (C=O) groups excluding carboxylic acids is 2. The van der Waals surface area contributed by atoms with Gasteiger partial charge in [-0.3, -0.25) is 9.59 Å². The van der Waals surface area contributed by atoms with Crippen LogP contribution in [-0.4, -0.2) is 75.1 Å². The fourth-order valence-electron chi connectivity index (χ4n) is 3.34. The van der Waals surface area contributed by atoms with Gasteiger partial charge in [-0.2, -0.15) is 0 Å². The van der Waals surface area contributed by atoms with Gasteiger partial charge < -0.3 is 24.6 Å². The quantitative estimate of drug-likeness (QED) is 0.681. The molecule has 1 N–H and O–H groups in total. The molecule has 0 unspecified atom stereocenters. The maximum absolute atomic E-state index is 12.9. The Morgan fingerprint density at radius 3 is 2.29 bits per heavy atom. The third-order valence-electron chi connectivity index (χ3n) is 5.36. The van der Waals surface area contributed by atoms with Crippen LogP contribution in [0.25, 0.3) is 0 Å². The van der Waals surface area contributed by atoms with E-state index in [0.29, 0.717) is 37.6 Å². The molecule has 0 aromatic heterocycles. The zero-order valence-corrected chi connectivity index (χ0v) is 17.7. The van der Waals surface area contributed by atoms with Crippen molar-refractivity contribution in [1.29, 1.82) is 0 Å². The number of hydrogen-bond acceptors (Lipinski definition) is 5. The van der Waals surface area contributed by atoms with Gasteiger partial charge in [0.15, 0.2) is 11.5 Å². The molecule has 1 aromatic carbocycles. The number of piperazine rings is 1.